The Labute approximate surface area is 131 Å². The summed E-state index contributed by atoms with van der Waals surface area (Å²) in [6.07, 6.45) is 2.41. The molecule has 2 rings (SSSR count). The van der Waals surface area contributed by atoms with Gasteiger partial charge in [0.15, 0.2) is 0 Å². The molecule has 0 aliphatic carbocycles. The minimum atomic E-state index is -0.189. The molecule has 5 heteroatoms. The number of carbonyl (C=O) groups is 2. The Morgan fingerprint density at radius 2 is 2.05 bits per heavy atom. The van der Waals surface area contributed by atoms with E-state index in [-0.39, 0.29) is 17.9 Å². The van der Waals surface area contributed by atoms with Gasteiger partial charge in [0.2, 0.25) is 5.91 Å². The van der Waals surface area contributed by atoms with E-state index >= 15 is 0 Å². The lowest BCUT2D eigenvalue weighted by atomic mass is 10.1. The fourth-order valence-corrected chi connectivity index (χ4v) is 2.76. The van der Waals surface area contributed by atoms with Crippen LogP contribution in [-0.4, -0.2) is 36.5 Å². The van der Waals surface area contributed by atoms with Crippen LogP contribution in [0.4, 0.5) is 0 Å². The summed E-state index contributed by atoms with van der Waals surface area (Å²) >= 11 is 0. The van der Waals surface area contributed by atoms with Gasteiger partial charge in [0.25, 0.3) is 0 Å². The molecule has 5 nitrogen and oxygen atoms in total. The van der Waals surface area contributed by atoms with Gasteiger partial charge in [-0.3, -0.25) is 9.59 Å². The average Bonchev–Trinajstić information content (AvgIpc) is 2.87. The van der Waals surface area contributed by atoms with Crippen molar-refractivity contribution in [2.45, 2.75) is 45.2 Å². The third kappa shape index (κ3) is 4.23. The normalized spacial score (nSPS) is 17.6. The van der Waals surface area contributed by atoms with Gasteiger partial charge in [0.1, 0.15) is 5.75 Å². The number of likely N-dealkylation sites (tertiary alicyclic amines) is 1. The molecule has 1 aromatic rings. The highest BCUT2D eigenvalue weighted by Crippen LogP contribution is 2.25. The smallest absolute Gasteiger partial charge is 0.305 e. The highest BCUT2D eigenvalue weighted by molar-refractivity contribution is 5.79. The summed E-state index contributed by atoms with van der Waals surface area (Å²) in [6, 6.07) is 7.84. The van der Waals surface area contributed by atoms with Crippen molar-refractivity contribution in [2.24, 2.45) is 0 Å². The summed E-state index contributed by atoms with van der Waals surface area (Å²) in [5, 5.41) is 0. The number of amides is 1. The largest absolute Gasteiger partial charge is 0.497 e. The zero-order valence-corrected chi connectivity index (χ0v) is 13.2. The molecule has 1 fully saturated rings. The van der Waals surface area contributed by atoms with E-state index in [9.17, 15) is 9.59 Å². The molecule has 1 heterocycles. The van der Waals surface area contributed by atoms with E-state index < -0.39 is 0 Å². The van der Waals surface area contributed by atoms with Crippen LogP contribution in [0.15, 0.2) is 24.3 Å². The number of hydrogen-bond donors (Lipinski definition) is 0. The van der Waals surface area contributed by atoms with Crippen molar-refractivity contribution in [3.05, 3.63) is 29.8 Å². The zero-order chi connectivity index (χ0) is 15.9. The van der Waals surface area contributed by atoms with Crippen LogP contribution in [0.2, 0.25) is 0 Å². The Morgan fingerprint density at radius 3 is 2.68 bits per heavy atom. The Hall–Kier alpha value is -2.04. The fourth-order valence-electron chi connectivity index (χ4n) is 2.76. The first-order chi connectivity index (χ1) is 10.6. The van der Waals surface area contributed by atoms with Crippen molar-refractivity contribution in [3.8, 4) is 5.75 Å². The lowest BCUT2D eigenvalue weighted by Gasteiger charge is -2.24. The predicted molar refractivity (Wildman–Crippen MR) is 82.4 cm³/mol. The monoisotopic (exact) mass is 305 g/mol. The molecule has 120 valence electrons. The van der Waals surface area contributed by atoms with Gasteiger partial charge in [-0.05, 0) is 37.5 Å². The summed E-state index contributed by atoms with van der Waals surface area (Å²) in [5.41, 5.74) is 1.07. The second-order valence-corrected chi connectivity index (χ2v) is 5.41. The minimum absolute atomic E-state index is 0.124. The molecule has 0 radical (unpaired) electrons. The number of benzene rings is 1. The van der Waals surface area contributed by atoms with Crippen LogP contribution in [0.1, 0.15) is 38.2 Å². The van der Waals surface area contributed by atoms with Crippen molar-refractivity contribution in [1.29, 1.82) is 0 Å². The molecule has 0 aromatic heterocycles. The number of hydrogen-bond acceptors (Lipinski definition) is 4. The van der Waals surface area contributed by atoms with Crippen LogP contribution in [0, 0.1) is 0 Å². The molecule has 0 bridgehead atoms. The zero-order valence-electron chi connectivity index (χ0n) is 13.2. The first-order valence-electron chi connectivity index (χ1n) is 7.72. The van der Waals surface area contributed by atoms with Gasteiger partial charge >= 0.3 is 5.97 Å². The number of nitrogens with zero attached hydrogens (tertiary/aromatic N) is 1. The quantitative estimate of drug-likeness (QED) is 0.726. The predicted octanol–water partition coefficient (Wildman–Crippen LogP) is 2.53. The molecular weight excluding hydrogens is 282 g/mol. The van der Waals surface area contributed by atoms with Crippen LogP contribution in [0.25, 0.3) is 0 Å². The molecule has 22 heavy (non-hydrogen) atoms. The Balaban J connectivity index is 1.93. The van der Waals surface area contributed by atoms with Crippen LogP contribution in [0.3, 0.4) is 0 Å². The first-order valence-corrected chi connectivity index (χ1v) is 7.72. The highest BCUT2D eigenvalue weighted by atomic mass is 16.5. The summed E-state index contributed by atoms with van der Waals surface area (Å²) in [5.74, 6) is 0.770. The summed E-state index contributed by atoms with van der Waals surface area (Å²) in [6.45, 7) is 2.78. The molecule has 1 saturated heterocycles. The van der Waals surface area contributed by atoms with E-state index in [1.54, 1.807) is 14.0 Å². The van der Waals surface area contributed by atoms with Gasteiger partial charge in [-0.2, -0.15) is 0 Å². The SMILES string of the molecule is CCOC(=O)CC[C@@H]1CCC(=O)N1Cc1ccc(OC)cc1. The van der Waals surface area contributed by atoms with E-state index in [1.807, 2.05) is 29.2 Å². The van der Waals surface area contributed by atoms with E-state index in [0.717, 1.165) is 17.7 Å². The van der Waals surface area contributed by atoms with Gasteiger partial charge in [-0.1, -0.05) is 12.1 Å². The molecule has 1 aliphatic heterocycles. The molecule has 0 unspecified atom stereocenters. The molecule has 0 saturated carbocycles. The fraction of sp³-hybridized carbons (Fsp3) is 0.529. The van der Waals surface area contributed by atoms with Gasteiger partial charge in [-0.15, -0.1) is 0 Å². The Bertz CT molecular complexity index is 512. The van der Waals surface area contributed by atoms with Crippen molar-refractivity contribution in [2.75, 3.05) is 13.7 Å². The summed E-state index contributed by atoms with van der Waals surface area (Å²) in [7, 11) is 1.63. The topological polar surface area (TPSA) is 55.8 Å². The molecule has 1 amide bonds. The van der Waals surface area contributed by atoms with E-state index in [4.69, 9.17) is 9.47 Å². The Kier molecular flexibility index (Phi) is 5.81. The molecule has 0 N–H and O–H groups in total. The number of ether oxygens (including phenoxy) is 2. The Morgan fingerprint density at radius 1 is 1.32 bits per heavy atom. The average molecular weight is 305 g/mol. The summed E-state index contributed by atoms with van der Waals surface area (Å²) < 4.78 is 10.1. The maximum absolute atomic E-state index is 12.1. The molecule has 1 aliphatic rings. The maximum Gasteiger partial charge on any atom is 0.305 e. The molecule has 1 aromatic carbocycles. The van der Waals surface area contributed by atoms with E-state index in [1.165, 1.54) is 0 Å². The third-order valence-corrected chi connectivity index (χ3v) is 3.95. The summed E-state index contributed by atoms with van der Waals surface area (Å²) in [4.78, 5) is 25.4. The first kappa shape index (κ1) is 16.3. The third-order valence-electron chi connectivity index (χ3n) is 3.95. The lowest BCUT2D eigenvalue weighted by Crippen LogP contribution is -2.32. The molecule has 0 spiro atoms. The van der Waals surface area contributed by atoms with Crippen molar-refractivity contribution >= 4 is 11.9 Å². The van der Waals surface area contributed by atoms with Crippen molar-refractivity contribution in [1.82, 2.24) is 4.90 Å². The molecular formula is C17H23NO4. The van der Waals surface area contributed by atoms with Crippen LogP contribution in [-0.2, 0) is 20.9 Å². The van der Waals surface area contributed by atoms with Gasteiger partial charge in [-0.25, -0.2) is 0 Å². The van der Waals surface area contributed by atoms with Gasteiger partial charge < -0.3 is 14.4 Å². The number of carbonyl (C=O) groups excluding carboxylic acids is 2. The highest BCUT2D eigenvalue weighted by Gasteiger charge is 2.31. The van der Waals surface area contributed by atoms with Crippen LogP contribution < -0.4 is 4.74 Å². The lowest BCUT2D eigenvalue weighted by molar-refractivity contribution is -0.144. The van der Waals surface area contributed by atoms with E-state index in [2.05, 4.69) is 0 Å². The standard InChI is InChI=1S/C17H23NO4/c1-3-22-17(20)11-7-14-6-10-16(19)18(14)12-13-4-8-15(21-2)9-5-13/h4-5,8-9,14H,3,6-7,10-12H2,1-2H3/t14-/m0/s1. The van der Waals surface area contributed by atoms with E-state index in [0.29, 0.717) is 32.4 Å². The van der Waals surface area contributed by atoms with Gasteiger partial charge in [0, 0.05) is 25.4 Å². The van der Waals surface area contributed by atoms with Crippen LogP contribution >= 0.6 is 0 Å². The number of methoxy groups -OCH3 is 1. The van der Waals surface area contributed by atoms with Crippen molar-refractivity contribution in [3.63, 3.8) is 0 Å². The molecule has 1 atom stereocenters. The minimum Gasteiger partial charge on any atom is -0.497 e. The van der Waals surface area contributed by atoms with Crippen LogP contribution in [0.5, 0.6) is 5.75 Å². The second-order valence-electron chi connectivity index (χ2n) is 5.41. The van der Waals surface area contributed by atoms with Crippen molar-refractivity contribution < 1.29 is 19.1 Å². The number of esters is 1. The number of rotatable bonds is 7. The second kappa shape index (κ2) is 7.82. The van der Waals surface area contributed by atoms with Gasteiger partial charge in [0.05, 0.1) is 13.7 Å². The maximum atomic E-state index is 12.1.